The number of rotatable bonds is 7. The number of Topliss-reactive ketones (excluding diaryl/α,β-unsaturated/α-hetero) is 1. The minimum absolute atomic E-state index is 0.0237. The van der Waals surface area contributed by atoms with Crippen molar-refractivity contribution >= 4 is 29.1 Å². The van der Waals surface area contributed by atoms with Gasteiger partial charge >= 0.3 is 5.97 Å². The molecule has 1 saturated heterocycles. The van der Waals surface area contributed by atoms with E-state index in [4.69, 9.17) is 5.11 Å². The van der Waals surface area contributed by atoms with Gasteiger partial charge in [-0.3, -0.25) is 24.5 Å². The van der Waals surface area contributed by atoms with Gasteiger partial charge in [0.1, 0.15) is 5.76 Å². The van der Waals surface area contributed by atoms with E-state index in [1.807, 2.05) is 0 Å². The van der Waals surface area contributed by atoms with Crippen molar-refractivity contribution in [1.29, 1.82) is 0 Å². The van der Waals surface area contributed by atoms with Gasteiger partial charge < -0.3 is 15.1 Å². The van der Waals surface area contributed by atoms with Gasteiger partial charge in [0, 0.05) is 30.7 Å². The van der Waals surface area contributed by atoms with Gasteiger partial charge in [0.2, 0.25) is 0 Å². The highest BCUT2D eigenvalue weighted by atomic mass is 16.6. The Kier molecular flexibility index (Phi) is 5.91. The van der Waals surface area contributed by atoms with Gasteiger partial charge in [-0.15, -0.1) is 0 Å². The van der Waals surface area contributed by atoms with E-state index in [0.29, 0.717) is 11.1 Å². The number of non-ortho nitro benzene ring substituents is 1. The van der Waals surface area contributed by atoms with Crippen molar-refractivity contribution in [2.45, 2.75) is 18.9 Å². The Balaban J connectivity index is 2.09. The van der Waals surface area contributed by atoms with Crippen molar-refractivity contribution in [2.24, 2.45) is 0 Å². The molecule has 1 aliphatic heterocycles. The number of carboxylic acids is 1. The highest BCUT2D eigenvalue weighted by molar-refractivity contribution is 6.46. The lowest BCUT2D eigenvalue weighted by atomic mass is 9.95. The molecule has 2 N–H and O–H groups in total. The van der Waals surface area contributed by atoms with Crippen molar-refractivity contribution in [3.63, 3.8) is 0 Å². The first-order valence-electron chi connectivity index (χ1n) is 9.11. The Bertz CT molecular complexity index is 1030. The van der Waals surface area contributed by atoms with Crippen LogP contribution in [0.1, 0.15) is 30.0 Å². The number of carbonyl (C=O) groups excluding carboxylic acids is 2. The molecule has 1 aliphatic rings. The summed E-state index contributed by atoms with van der Waals surface area (Å²) in [5, 5.41) is 30.6. The van der Waals surface area contributed by atoms with Crippen molar-refractivity contribution in [3.8, 4) is 0 Å². The number of ketones is 1. The second-order valence-electron chi connectivity index (χ2n) is 6.70. The van der Waals surface area contributed by atoms with Crippen LogP contribution in [0.15, 0.2) is 60.2 Å². The molecule has 0 unspecified atom stereocenters. The van der Waals surface area contributed by atoms with Crippen molar-refractivity contribution < 1.29 is 29.5 Å². The standard InChI is InChI=1S/C21H18N2O7/c24-16(25)7-4-12-22-18(13-8-10-15(11-9-13)23(29)30)17(20(27)21(22)28)19(26)14-5-2-1-3-6-14/h1-3,5-6,8-11,18,26H,4,7,12H2,(H,24,25)/b19-17+/t18-/m0/s1. The fourth-order valence-electron chi connectivity index (χ4n) is 3.39. The quantitative estimate of drug-likeness (QED) is 0.235. The predicted molar refractivity (Wildman–Crippen MR) is 105 cm³/mol. The molecule has 2 aromatic carbocycles. The average Bonchev–Trinajstić information content (AvgIpc) is 2.98. The minimum Gasteiger partial charge on any atom is -0.507 e. The number of nitrogens with zero attached hydrogens (tertiary/aromatic N) is 2. The van der Waals surface area contributed by atoms with Crippen molar-refractivity contribution in [2.75, 3.05) is 6.54 Å². The molecule has 30 heavy (non-hydrogen) atoms. The number of aliphatic carboxylic acids is 1. The van der Waals surface area contributed by atoms with E-state index in [1.165, 1.54) is 29.2 Å². The van der Waals surface area contributed by atoms with Crippen LogP contribution in [0, 0.1) is 10.1 Å². The number of benzene rings is 2. The van der Waals surface area contributed by atoms with Crippen LogP contribution in [0.25, 0.3) is 5.76 Å². The molecule has 3 rings (SSSR count). The number of aliphatic hydroxyl groups is 1. The third-order valence-corrected chi connectivity index (χ3v) is 4.80. The zero-order valence-corrected chi connectivity index (χ0v) is 15.7. The molecular weight excluding hydrogens is 392 g/mol. The second-order valence-corrected chi connectivity index (χ2v) is 6.70. The molecule has 0 radical (unpaired) electrons. The molecule has 1 heterocycles. The van der Waals surface area contributed by atoms with Crippen LogP contribution >= 0.6 is 0 Å². The summed E-state index contributed by atoms with van der Waals surface area (Å²) in [5.74, 6) is -3.16. The van der Waals surface area contributed by atoms with Gasteiger partial charge in [0.05, 0.1) is 16.5 Å². The van der Waals surface area contributed by atoms with E-state index in [1.54, 1.807) is 30.3 Å². The van der Waals surface area contributed by atoms with Gasteiger partial charge in [-0.2, -0.15) is 0 Å². The number of hydrogen-bond donors (Lipinski definition) is 2. The molecule has 0 aromatic heterocycles. The van der Waals surface area contributed by atoms with Crippen LogP contribution in [0.4, 0.5) is 5.69 Å². The molecule has 9 heteroatoms. The normalized spacial score (nSPS) is 17.9. The van der Waals surface area contributed by atoms with Gasteiger partial charge in [-0.25, -0.2) is 0 Å². The van der Waals surface area contributed by atoms with Gasteiger partial charge in [-0.05, 0) is 24.1 Å². The Hall–Kier alpha value is -4.01. The highest BCUT2D eigenvalue weighted by Crippen LogP contribution is 2.39. The summed E-state index contributed by atoms with van der Waals surface area (Å²) in [5.41, 5.74) is 0.431. The van der Waals surface area contributed by atoms with E-state index in [9.17, 15) is 29.6 Å². The lowest BCUT2D eigenvalue weighted by molar-refractivity contribution is -0.384. The lowest BCUT2D eigenvalue weighted by Gasteiger charge is -2.25. The highest BCUT2D eigenvalue weighted by Gasteiger charge is 2.45. The molecule has 0 spiro atoms. The number of amides is 1. The van der Waals surface area contributed by atoms with Gasteiger partial charge in [-0.1, -0.05) is 30.3 Å². The molecule has 1 fully saturated rings. The smallest absolute Gasteiger partial charge is 0.303 e. The van der Waals surface area contributed by atoms with Crippen molar-refractivity contribution in [3.05, 3.63) is 81.4 Å². The zero-order chi connectivity index (χ0) is 21.8. The number of nitro groups is 1. The Morgan fingerprint density at radius 1 is 1.03 bits per heavy atom. The Labute approximate surface area is 171 Å². The summed E-state index contributed by atoms with van der Waals surface area (Å²) in [6, 6.07) is 12.6. The fraction of sp³-hybridized carbons (Fsp3) is 0.190. The van der Waals surface area contributed by atoms with E-state index >= 15 is 0 Å². The van der Waals surface area contributed by atoms with Crippen LogP contribution in [0.5, 0.6) is 0 Å². The maximum absolute atomic E-state index is 12.8. The first-order valence-corrected chi connectivity index (χ1v) is 9.11. The van der Waals surface area contributed by atoms with Gasteiger partial charge in [0.15, 0.2) is 0 Å². The second kappa shape index (κ2) is 8.56. The van der Waals surface area contributed by atoms with Crippen molar-refractivity contribution in [1.82, 2.24) is 4.90 Å². The average molecular weight is 410 g/mol. The van der Waals surface area contributed by atoms with E-state index in [0.717, 1.165) is 0 Å². The summed E-state index contributed by atoms with van der Waals surface area (Å²) in [6.45, 7) is -0.0237. The predicted octanol–water partition coefficient (Wildman–Crippen LogP) is 2.88. The van der Waals surface area contributed by atoms with Crippen LogP contribution in [0.3, 0.4) is 0 Å². The molecule has 154 valence electrons. The SMILES string of the molecule is O=C(O)CCCN1C(=O)C(=O)/C(=C(/O)c2ccccc2)[C@@H]1c1ccc([N+](=O)[O-])cc1. The van der Waals surface area contributed by atoms with E-state index < -0.39 is 28.6 Å². The molecule has 0 aliphatic carbocycles. The molecule has 2 aromatic rings. The molecule has 1 atom stereocenters. The lowest BCUT2D eigenvalue weighted by Crippen LogP contribution is -2.31. The summed E-state index contributed by atoms with van der Waals surface area (Å²) in [4.78, 5) is 47.8. The van der Waals surface area contributed by atoms with Gasteiger partial charge in [0.25, 0.3) is 17.4 Å². The maximum atomic E-state index is 12.8. The summed E-state index contributed by atoms with van der Waals surface area (Å²) in [7, 11) is 0. The molecule has 1 amide bonds. The van der Waals surface area contributed by atoms with E-state index in [-0.39, 0.29) is 36.4 Å². The Morgan fingerprint density at radius 2 is 1.67 bits per heavy atom. The van der Waals surface area contributed by atoms with Crippen LogP contribution in [-0.4, -0.2) is 44.2 Å². The summed E-state index contributed by atoms with van der Waals surface area (Å²) < 4.78 is 0. The first kappa shape index (κ1) is 20.7. The molecular formula is C21H18N2O7. The van der Waals surface area contributed by atoms with Crippen LogP contribution in [-0.2, 0) is 14.4 Å². The number of likely N-dealkylation sites (tertiary alicyclic amines) is 1. The number of nitro benzene ring substituents is 1. The molecule has 0 bridgehead atoms. The van der Waals surface area contributed by atoms with Crippen LogP contribution < -0.4 is 0 Å². The monoisotopic (exact) mass is 410 g/mol. The number of carbonyl (C=O) groups is 3. The number of aliphatic hydroxyl groups excluding tert-OH is 1. The summed E-state index contributed by atoms with van der Waals surface area (Å²) in [6.07, 6.45) is -0.0914. The fourth-order valence-corrected chi connectivity index (χ4v) is 3.39. The number of hydrogen-bond acceptors (Lipinski definition) is 6. The Morgan fingerprint density at radius 3 is 2.23 bits per heavy atom. The van der Waals surface area contributed by atoms with Crippen LogP contribution in [0.2, 0.25) is 0 Å². The topological polar surface area (TPSA) is 138 Å². The van der Waals surface area contributed by atoms with E-state index in [2.05, 4.69) is 0 Å². The minimum atomic E-state index is -1.04. The zero-order valence-electron chi connectivity index (χ0n) is 15.7. The first-order chi connectivity index (χ1) is 14.3. The summed E-state index contributed by atoms with van der Waals surface area (Å²) >= 11 is 0. The number of carboxylic acid groups (broad SMARTS) is 1. The maximum Gasteiger partial charge on any atom is 0.303 e. The largest absolute Gasteiger partial charge is 0.507 e. The third kappa shape index (κ3) is 4.04. The molecule has 0 saturated carbocycles. The molecule has 9 nitrogen and oxygen atoms in total. The third-order valence-electron chi connectivity index (χ3n) is 4.80.